The third-order valence-corrected chi connectivity index (χ3v) is 2.22. The average molecular weight is 153 g/mol. The fourth-order valence-electron chi connectivity index (χ4n) is 1.48. The SMILES string of the molecule is CNC1CCN(CCC#N)C1. The molecule has 0 amide bonds. The number of nitrogens with zero attached hydrogens (tertiary/aromatic N) is 2. The Kier molecular flexibility index (Phi) is 3.34. The summed E-state index contributed by atoms with van der Waals surface area (Å²) in [6, 6.07) is 2.81. The van der Waals surface area contributed by atoms with Crippen LogP contribution < -0.4 is 5.32 Å². The van der Waals surface area contributed by atoms with Gasteiger partial charge in [-0.05, 0) is 20.0 Å². The van der Waals surface area contributed by atoms with Crippen LogP contribution in [-0.4, -0.2) is 37.6 Å². The summed E-state index contributed by atoms with van der Waals surface area (Å²) in [5.41, 5.74) is 0. The van der Waals surface area contributed by atoms with Gasteiger partial charge in [-0.2, -0.15) is 5.26 Å². The molecule has 3 nitrogen and oxygen atoms in total. The van der Waals surface area contributed by atoms with Crippen LogP contribution in [0.2, 0.25) is 0 Å². The molecule has 0 radical (unpaired) electrons. The molecule has 1 rings (SSSR count). The van der Waals surface area contributed by atoms with E-state index in [2.05, 4.69) is 16.3 Å². The van der Waals surface area contributed by atoms with Gasteiger partial charge in [0.25, 0.3) is 0 Å². The fraction of sp³-hybridized carbons (Fsp3) is 0.875. The Bertz CT molecular complexity index is 150. The van der Waals surface area contributed by atoms with E-state index in [1.807, 2.05) is 7.05 Å². The molecule has 1 aliphatic heterocycles. The second-order valence-electron chi connectivity index (χ2n) is 2.98. The Labute approximate surface area is 68.0 Å². The van der Waals surface area contributed by atoms with Gasteiger partial charge in [-0.15, -0.1) is 0 Å². The molecule has 1 heterocycles. The molecule has 0 bridgehead atoms. The number of nitrogens with one attached hydrogen (secondary N) is 1. The standard InChI is InChI=1S/C8H15N3/c1-10-8-3-6-11(7-8)5-2-4-9/h8,10H,2-3,5-7H2,1H3. The Morgan fingerprint density at radius 2 is 2.55 bits per heavy atom. The highest BCUT2D eigenvalue weighted by Gasteiger charge is 2.19. The molecule has 1 unspecified atom stereocenters. The van der Waals surface area contributed by atoms with Crippen molar-refractivity contribution in [1.82, 2.24) is 10.2 Å². The molecule has 0 spiro atoms. The predicted molar refractivity (Wildman–Crippen MR) is 44.1 cm³/mol. The summed E-state index contributed by atoms with van der Waals surface area (Å²) >= 11 is 0. The van der Waals surface area contributed by atoms with Gasteiger partial charge in [-0.25, -0.2) is 0 Å². The second-order valence-corrected chi connectivity index (χ2v) is 2.98. The van der Waals surface area contributed by atoms with Gasteiger partial charge >= 0.3 is 0 Å². The second kappa shape index (κ2) is 4.32. The van der Waals surface area contributed by atoms with E-state index in [0.29, 0.717) is 12.5 Å². The largest absolute Gasteiger partial charge is 0.316 e. The van der Waals surface area contributed by atoms with E-state index in [9.17, 15) is 0 Å². The Balaban J connectivity index is 2.15. The molecule has 1 saturated heterocycles. The van der Waals surface area contributed by atoms with Gasteiger partial charge in [0, 0.05) is 25.6 Å². The van der Waals surface area contributed by atoms with Gasteiger partial charge in [0.15, 0.2) is 0 Å². The number of rotatable bonds is 3. The number of hydrogen-bond donors (Lipinski definition) is 1. The van der Waals surface area contributed by atoms with Gasteiger partial charge in [0.2, 0.25) is 0 Å². The first-order valence-corrected chi connectivity index (χ1v) is 4.13. The molecule has 1 N–H and O–H groups in total. The molecule has 0 saturated carbocycles. The molecule has 1 aliphatic rings. The molecule has 62 valence electrons. The fourth-order valence-corrected chi connectivity index (χ4v) is 1.48. The van der Waals surface area contributed by atoms with Crippen molar-refractivity contribution in [2.24, 2.45) is 0 Å². The van der Waals surface area contributed by atoms with Crippen molar-refractivity contribution >= 4 is 0 Å². The van der Waals surface area contributed by atoms with Crippen molar-refractivity contribution in [1.29, 1.82) is 5.26 Å². The summed E-state index contributed by atoms with van der Waals surface area (Å²) in [6.45, 7) is 3.19. The van der Waals surface area contributed by atoms with Gasteiger partial charge in [0.1, 0.15) is 0 Å². The zero-order valence-electron chi connectivity index (χ0n) is 7.01. The van der Waals surface area contributed by atoms with Crippen molar-refractivity contribution in [3.63, 3.8) is 0 Å². The molecule has 1 atom stereocenters. The van der Waals surface area contributed by atoms with Crippen molar-refractivity contribution in [3.8, 4) is 6.07 Å². The zero-order chi connectivity index (χ0) is 8.10. The molecular weight excluding hydrogens is 138 g/mol. The van der Waals surface area contributed by atoms with Crippen LogP contribution in [0.4, 0.5) is 0 Å². The number of nitriles is 1. The van der Waals surface area contributed by atoms with Crippen LogP contribution in [0.25, 0.3) is 0 Å². The molecule has 1 fully saturated rings. The molecule has 0 aromatic carbocycles. The maximum atomic E-state index is 8.36. The van der Waals surface area contributed by atoms with Crippen LogP contribution in [-0.2, 0) is 0 Å². The summed E-state index contributed by atoms with van der Waals surface area (Å²) in [6.07, 6.45) is 1.89. The average Bonchev–Trinajstić information content (AvgIpc) is 2.48. The summed E-state index contributed by atoms with van der Waals surface area (Å²) in [5, 5.41) is 11.6. The van der Waals surface area contributed by atoms with E-state index in [1.54, 1.807) is 0 Å². The van der Waals surface area contributed by atoms with Gasteiger partial charge < -0.3 is 10.2 Å². The van der Waals surface area contributed by atoms with Crippen molar-refractivity contribution in [2.45, 2.75) is 18.9 Å². The van der Waals surface area contributed by atoms with E-state index in [0.717, 1.165) is 19.6 Å². The van der Waals surface area contributed by atoms with Gasteiger partial charge in [-0.1, -0.05) is 0 Å². The highest BCUT2D eigenvalue weighted by molar-refractivity contribution is 4.82. The Morgan fingerprint density at radius 1 is 1.73 bits per heavy atom. The molecule has 3 heteroatoms. The van der Waals surface area contributed by atoms with Crippen molar-refractivity contribution in [3.05, 3.63) is 0 Å². The normalized spacial score (nSPS) is 25.3. The minimum Gasteiger partial charge on any atom is -0.316 e. The third-order valence-electron chi connectivity index (χ3n) is 2.22. The molecule has 0 aromatic rings. The zero-order valence-corrected chi connectivity index (χ0v) is 7.01. The molecular formula is C8H15N3. The van der Waals surface area contributed by atoms with Gasteiger partial charge in [0.05, 0.1) is 6.07 Å². The number of likely N-dealkylation sites (N-methyl/N-ethyl adjacent to an activating group) is 1. The maximum Gasteiger partial charge on any atom is 0.0635 e. The van der Waals surface area contributed by atoms with E-state index in [4.69, 9.17) is 5.26 Å². The highest BCUT2D eigenvalue weighted by Crippen LogP contribution is 2.08. The Hall–Kier alpha value is -0.590. The minimum absolute atomic E-state index is 0.647. The lowest BCUT2D eigenvalue weighted by atomic mass is 10.3. The maximum absolute atomic E-state index is 8.36. The monoisotopic (exact) mass is 153 g/mol. The lowest BCUT2D eigenvalue weighted by molar-refractivity contribution is 0.338. The molecule has 0 aliphatic carbocycles. The first-order valence-electron chi connectivity index (χ1n) is 4.13. The molecule has 11 heavy (non-hydrogen) atoms. The van der Waals surface area contributed by atoms with Crippen LogP contribution in [0, 0.1) is 11.3 Å². The van der Waals surface area contributed by atoms with E-state index >= 15 is 0 Å². The Morgan fingerprint density at radius 3 is 3.09 bits per heavy atom. The van der Waals surface area contributed by atoms with Crippen LogP contribution >= 0.6 is 0 Å². The molecule has 0 aromatic heterocycles. The van der Waals surface area contributed by atoms with Crippen molar-refractivity contribution < 1.29 is 0 Å². The topological polar surface area (TPSA) is 39.1 Å². The lowest BCUT2D eigenvalue weighted by Crippen LogP contribution is -2.29. The number of hydrogen-bond acceptors (Lipinski definition) is 3. The first kappa shape index (κ1) is 8.51. The minimum atomic E-state index is 0.647. The van der Waals surface area contributed by atoms with E-state index in [1.165, 1.54) is 6.42 Å². The van der Waals surface area contributed by atoms with Crippen LogP contribution in [0.1, 0.15) is 12.8 Å². The summed E-state index contributed by atoms with van der Waals surface area (Å²) in [5.74, 6) is 0. The number of likely N-dealkylation sites (tertiary alicyclic amines) is 1. The van der Waals surface area contributed by atoms with Crippen LogP contribution in [0.15, 0.2) is 0 Å². The van der Waals surface area contributed by atoms with E-state index in [-0.39, 0.29) is 0 Å². The predicted octanol–water partition coefficient (Wildman–Crippen LogP) is 0.194. The van der Waals surface area contributed by atoms with E-state index < -0.39 is 0 Å². The van der Waals surface area contributed by atoms with Crippen LogP contribution in [0.3, 0.4) is 0 Å². The summed E-state index contributed by atoms with van der Waals surface area (Å²) in [4.78, 5) is 2.34. The van der Waals surface area contributed by atoms with Crippen molar-refractivity contribution in [2.75, 3.05) is 26.7 Å². The highest BCUT2D eigenvalue weighted by atomic mass is 15.2. The first-order chi connectivity index (χ1) is 5.36. The smallest absolute Gasteiger partial charge is 0.0635 e. The quantitative estimate of drug-likeness (QED) is 0.629. The summed E-state index contributed by atoms with van der Waals surface area (Å²) in [7, 11) is 2.00. The lowest BCUT2D eigenvalue weighted by Gasteiger charge is -2.12. The summed E-state index contributed by atoms with van der Waals surface area (Å²) < 4.78 is 0. The third kappa shape index (κ3) is 2.49. The van der Waals surface area contributed by atoms with Crippen LogP contribution in [0.5, 0.6) is 0 Å². The van der Waals surface area contributed by atoms with Gasteiger partial charge in [-0.3, -0.25) is 0 Å².